The first-order valence-electron chi connectivity index (χ1n) is 5.91. The first-order valence-corrected chi connectivity index (χ1v) is 7.52. The minimum Gasteiger partial charge on any atom is -0.338 e. The lowest BCUT2D eigenvalue weighted by Gasteiger charge is -2.29. The van der Waals surface area contributed by atoms with Gasteiger partial charge in [-0.1, -0.05) is 0 Å². The number of piperidine rings is 1. The van der Waals surface area contributed by atoms with E-state index in [2.05, 4.69) is 36.0 Å². The number of aromatic nitrogens is 3. The van der Waals surface area contributed by atoms with Gasteiger partial charge in [0.2, 0.25) is 5.95 Å². The highest BCUT2D eigenvalue weighted by Crippen LogP contribution is 2.29. The minimum absolute atomic E-state index is 0.233. The zero-order chi connectivity index (χ0) is 12.5. The standard InChI is InChI=1S/C11H14BrN5S/c12-9-4-3-8(18-9)10-14-11(16-15-10)17-5-1-2-7(13)6-17/h3-4,7H,1-2,5-6,13H2,(H,14,15,16). The van der Waals surface area contributed by atoms with Crippen molar-refractivity contribution in [3.8, 4) is 10.7 Å². The van der Waals surface area contributed by atoms with Crippen molar-refractivity contribution in [2.45, 2.75) is 18.9 Å². The van der Waals surface area contributed by atoms with Gasteiger partial charge in [0.05, 0.1) is 8.66 Å². The summed E-state index contributed by atoms with van der Waals surface area (Å²) >= 11 is 5.09. The smallest absolute Gasteiger partial charge is 0.245 e. The molecule has 3 rings (SSSR count). The molecule has 1 aliphatic heterocycles. The average molecular weight is 328 g/mol. The Labute approximate surface area is 118 Å². The highest BCUT2D eigenvalue weighted by molar-refractivity contribution is 9.11. The summed E-state index contributed by atoms with van der Waals surface area (Å²) < 4.78 is 1.09. The fourth-order valence-corrected chi connectivity index (χ4v) is 3.46. The summed E-state index contributed by atoms with van der Waals surface area (Å²) in [6.45, 7) is 1.82. The normalized spacial score (nSPS) is 20.3. The zero-order valence-electron chi connectivity index (χ0n) is 9.77. The lowest BCUT2D eigenvalue weighted by molar-refractivity contribution is 0.500. The van der Waals surface area contributed by atoms with Gasteiger partial charge in [0.15, 0.2) is 5.82 Å². The molecule has 1 aliphatic rings. The van der Waals surface area contributed by atoms with Crippen LogP contribution in [0.3, 0.4) is 0 Å². The van der Waals surface area contributed by atoms with E-state index in [-0.39, 0.29) is 6.04 Å². The second-order valence-electron chi connectivity index (χ2n) is 4.44. The van der Waals surface area contributed by atoms with Crippen molar-refractivity contribution in [3.05, 3.63) is 15.9 Å². The maximum Gasteiger partial charge on any atom is 0.245 e. The van der Waals surface area contributed by atoms with Gasteiger partial charge in [-0.2, -0.15) is 4.98 Å². The number of nitrogens with two attached hydrogens (primary N) is 1. The van der Waals surface area contributed by atoms with E-state index in [9.17, 15) is 0 Å². The van der Waals surface area contributed by atoms with Crippen molar-refractivity contribution < 1.29 is 0 Å². The Bertz CT molecular complexity index is 537. The third kappa shape index (κ3) is 2.43. The van der Waals surface area contributed by atoms with Crippen LogP contribution in [0.1, 0.15) is 12.8 Å². The van der Waals surface area contributed by atoms with Crippen LogP contribution in [-0.4, -0.2) is 34.3 Å². The van der Waals surface area contributed by atoms with Crippen molar-refractivity contribution in [2.24, 2.45) is 5.73 Å². The Kier molecular flexibility index (Phi) is 3.36. The molecule has 1 atom stereocenters. The monoisotopic (exact) mass is 327 g/mol. The van der Waals surface area contributed by atoms with E-state index in [1.165, 1.54) is 0 Å². The molecule has 5 nitrogen and oxygen atoms in total. The van der Waals surface area contributed by atoms with E-state index in [0.29, 0.717) is 0 Å². The first kappa shape index (κ1) is 12.1. The molecule has 0 aliphatic carbocycles. The van der Waals surface area contributed by atoms with Crippen molar-refractivity contribution in [2.75, 3.05) is 18.0 Å². The molecule has 1 unspecified atom stereocenters. The van der Waals surface area contributed by atoms with Crippen LogP contribution in [-0.2, 0) is 0 Å². The number of halogens is 1. The van der Waals surface area contributed by atoms with Crippen LogP contribution in [0.5, 0.6) is 0 Å². The lowest BCUT2D eigenvalue weighted by atomic mass is 10.1. The molecule has 0 bridgehead atoms. The molecular formula is C11H14BrN5S. The van der Waals surface area contributed by atoms with Gasteiger partial charge in [-0.15, -0.1) is 16.4 Å². The molecule has 3 heterocycles. The highest BCUT2D eigenvalue weighted by Gasteiger charge is 2.20. The average Bonchev–Trinajstić information content (AvgIpc) is 2.97. The molecule has 0 saturated carbocycles. The van der Waals surface area contributed by atoms with E-state index < -0.39 is 0 Å². The number of nitrogens with zero attached hydrogens (tertiary/aromatic N) is 3. The minimum atomic E-state index is 0.233. The van der Waals surface area contributed by atoms with E-state index >= 15 is 0 Å². The summed E-state index contributed by atoms with van der Waals surface area (Å²) in [5.41, 5.74) is 5.97. The van der Waals surface area contributed by atoms with E-state index in [4.69, 9.17) is 5.73 Å². The molecule has 0 amide bonds. The molecule has 0 spiro atoms. The van der Waals surface area contributed by atoms with Gasteiger partial charge < -0.3 is 10.6 Å². The second kappa shape index (κ2) is 4.99. The van der Waals surface area contributed by atoms with E-state index in [1.54, 1.807) is 11.3 Å². The largest absolute Gasteiger partial charge is 0.338 e. The van der Waals surface area contributed by atoms with Gasteiger partial charge >= 0.3 is 0 Å². The third-order valence-corrected chi connectivity index (χ3v) is 4.65. The highest BCUT2D eigenvalue weighted by atomic mass is 79.9. The Morgan fingerprint density at radius 3 is 3.11 bits per heavy atom. The third-order valence-electron chi connectivity index (χ3n) is 3.02. The second-order valence-corrected chi connectivity index (χ2v) is 6.90. The maximum absolute atomic E-state index is 5.97. The summed E-state index contributed by atoms with van der Waals surface area (Å²) in [5, 5.41) is 7.28. The number of H-pyrrole nitrogens is 1. The van der Waals surface area contributed by atoms with Crippen LogP contribution in [0.2, 0.25) is 0 Å². The first-order chi connectivity index (χ1) is 8.72. The van der Waals surface area contributed by atoms with E-state index in [1.807, 2.05) is 12.1 Å². The molecule has 1 saturated heterocycles. The quantitative estimate of drug-likeness (QED) is 0.887. The van der Waals surface area contributed by atoms with Crippen molar-refractivity contribution >= 4 is 33.2 Å². The number of anilines is 1. The molecule has 0 radical (unpaired) electrons. The van der Waals surface area contributed by atoms with Crippen molar-refractivity contribution in [1.82, 2.24) is 15.2 Å². The van der Waals surface area contributed by atoms with Gasteiger partial charge in [0, 0.05) is 19.1 Å². The van der Waals surface area contributed by atoms with Crippen LogP contribution in [0.4, 0.5) is 5.95 Å². The molecule has 1 fully saturated rings. The molecule has 3 N–H and O–H groups in total. The van der Waals surface area contributed by atoms with Gasteiger partial charge in [-0.3, -0.25) is 5.10 Å². The summed E-state index contributed by atoms with van der Waals surface area (Å²) in [6.07, 6.45) is 2.20. The van der Waals surface area contributed by atoms with E-state index in [0.717, 1.165) is 46.4 Å². The topological polar surface area (TPSA) is 70.8 Å². The maximum atomic E-state index is 5.97. The summed E-state index contributed by atoms with van der Waals surface area (Å²) in [6, 6.07) is 4.27. The van der Waals surface area contributed by atoms with Crippen LogP contribution in [0, 0.1) is 0 Å². The lowest BCUT2D eigenvalue weighted by Crippen LogP contribution is -2.43. The number of rotatable bonds is 2. The zero-order valence-corrected chi connectivity index (χ0v) is 12.2. The predicted octanol–water partition coefficient (Wildman–Crippen LogP) is 2.22. The summed E-state index contributed by atoms with van der Waals surface area (Å²) in [7, 11) is 0. The van der Waals surface area contributed by atoms with Gasteiger partial charge in [0.25, 0.3) is 0 Å². The fourth-order valence-electron chi connectivity index (χ4n) is 2.14. The van der Waals surface area contributed by atoms with Gasteiger partial charge in [-0.05, 0) is 40.9 Å². The number of nitrogens with one attached hydrogen (secondary N) is 1. The van der Waals surface area contributed by atoms with Gasteiger partial charge in [0.1, 0.15) is 0 Å². The number of thiophene rings is 1. The number of aromatic amines is 1. The van der Waals surface area contributed by atoms with Crippen molar-refractivity contribution in [1.29, 1.82) is 0 Å². The Morgan fingerprint density at radius 1 is 1.50 bits per heavy atom. The SMILES string of the molecule is NC1CCCN(c2n[nH]c(-c3ccc(Br)s3)n2)C1. The van der Waals surface area contributed by atoms with Gasteiger partial charge in [-0.25, -0.2) is 0 Å². The van der Waals surface area contributed by atoms with Crippen LogP contribution >= 0.6 is 27.3 Å². The Morgan fingerprint density at radius 2 is 2.39 bits per heavy atom. The molecule has 18 heavy (non-hydrogen) atoms. The predicted molar refractivity (Wildman–Crippen MR) is 76.8 cm³/mol. The van der Waals surface area contributed by atoms with Crippen molar-refractivity contribution in [3.63, 3.8) is 0 Å². The number of hydrogen-bond acceptors (Lipinski definition) is 5. The Hall–Kier alpha value is -0.920. The van der Waals surface area contributed by atoms with Crippen LogP contribution in [0.25, 0.3) is 10.7 Å². The number of hydrogen-bond donors (Lipinski definition) is 2. The molecule has 96 valence electrons. The fraction of sp³-hybridized carbons (Fsp3) is 0.455. The Balaban J connectivity index is 1.80. The molecular weight excluding hydrogens is 314 g/mol. The molecule has 2 aromatic rings. The molecule has 2 aromatic heterocycles. The molecule has 7 heteroatoms. The summed E-state index contributed by atoms with van der Waals surface area (Å²) in [5.74, 6) is 1.57. The molecule has 0 aromatic carbocycles. The van der Waals surface area contributed by atoms with Crippen LogP contribution in [0.15, 0.2) is 15.9 Å². The summed E-state index contributed by atoms with van der Waals surface area (Å²) in [4.78, 5) is 7.78. The van der Waals surface area contributed by atoms with Crippen LogP contribution < -0.4 is 10.6 Å².